The second-order valence-electron chi connectivity index (χ2n) is 5.72. The van der Waals surface area contributed by atoms with Gasteiger partial charge in [-0.1, -0.05) is 28.1 Å². The zero-order chi connectivity index (χ0) is 14.7. The van der Waals surface area contributed by atoms with E-state index in [9.17, 15) is 0 Å². The van der Waals surface area contributed by atoms with Crippen molar-refractivity contribution in [3.63, 3.8) is 0 Å². The number of hydrogen-bond acceptors (Lipinski definition) is 2. The molecule has 22 heavy (non-hydrogen) atoms. The normalized spacial score (nSPS) is 13.3. The summed E-state index contributed by atoms with van der Waals surface area (Å²) >= 11 is 3.50. The molecule has 0 radical (unpaired) electrons. The van der Waals surface area contributed by atoms with Crippen LogP contribution in [0.15, 0.2) is 47.1 Å². The molecular formula is C18H12BrN3. The lowest BCUT2D eigenvalue weighted by molar-refractivity contribution is 0.847. The summed E-state index contributed by atoms with van der Waals surface area (Å²) in [6.07, 6.45) is 4.15. The number of benzene rings is 2. The molecule has 1 aliphatic carbocycles. The number of hydrogen-bond donors (Lipinski definition) is 1. The summed E-state index contributed by atoms with van der Waals surface area (Å²) in [4.78, 5) is 4.96. The second kappa shape index (κ2) is 4.40. The van der Waals surface area contributed by atoms with Gasteiger partial charge in [0.1, 0.15) is 0 Å². The van der Waals surface area contributed by atoms with Crippen molar-refractivity contribution >= 4 is 37.7 Å². The van der Waals surface area contributed by atoms with E-state index in [4.69, 9.17) is 4.98 Å². The second-order valence-corrected chi connectivity index (χ2v) is 6.63. The van der Waals surface area contributed by atoms with Gasteiger partial charge in [0.25, 0.3) is 0 Å². The van der Waals surface area contributed by atoms with Crippen LogP contribution in [0.3, 0.4) is 0 Å². The third-order valence-electron chi connectivity index (χ3n) is 4.53. The third kappa shape index (κ3) is 1.61. The van der Waals surface area contributed by atoms with Crippen molar-refractivity contribution in [1.82, 2.24) is 15.2 Å². The summed E-state index contributed by atoms with van der Waals surface area (Å²) in [5.41, 5.74) is 7.29. The van der Waals surface area contributed by atoms with Crippen molar-refractivity contribution in [2.45, 2.75) is 12.8 Å². The van der Waals surface area contributed by atoms with Gasteiger partial charge in [0, 0.05) is 20.8 Å². The van der Waals surface area contributed by atoms with E-state index in [0.717, 1.165) is 34.0 Å². The van der Waals surface area contributed by atoms with Crippen molar-refractivity contribution in [1.29, 1.82) is 0 Å². The number of aromatic amines is 1. The van der Waals surface area contributed by atoms with Gasteiger partial charge in [-0.3, -0.25) is 5.10 Å². The number of fused-ring (bicyclic) bond motifs is 5. The average molecular weight is 350 g/mol. The number of aryl methyl sites for hydroxylation is 1. The molecule has 0 saturated carbocycles. The monoisotopic (exact) mass is 349 g/mol. The first kappa shape index (κ1) is 12.4. The molecule has 0 unspecified atom stereocenters. The number of nitrogens with one attached hydrogen (secondary N) is 1. The summed E-state index contributed by atoms with van der Waals surface area (Å²) < 4.78 is 1.09. The van der Waals surface area contributed by atoms with Crippen LogP contribution in [0.4, 0.5) is 0 Å². The molecule has 1 aliphatic rings. The molecule has 4 heteroatoms. The van der Waals surface area contributed by atoms with Crippen LogP contribution in [0.5, 0.6) is 0 Å². The Labute approximate surface area is 135 Å². The zero-order valence-electron chi connectivity index (χ0n) is 11.7. The summed E-state index contributed by atoms with van der Waals surface area (Å²) in [6.45, 7) is 0. The van der Waals surface area contributed by atoms with Gasteiger partial charge in [0.05, 0.1) is 22.9 Å². The molecule has 5 rings (SSSR count). The Morgan fingerprint density at radius 2 is 1.77 bits per heavy atom. The average Bonchev–Trinajstić information content (AvgIpc) is 2.96. The summed E-state index contributed by atoms with van der Waals surface area (Å²) in [5.74, 6) is 0. The SMILES string of the molecule is Brc1ccc(-c2nc3ccc4[nH]ncc4c3c3c2CC3)cc1. The number of pyridine rings is 1. The number of aromatic nitrogens is 3. The topological polar surface area (TPSA) is 41.6 Å². The molecule has 2 aromatic carbocycles. The predicted octanol–water partition coefficient (Wildman–Crippen LogP) is 4.64. The lowest BCUT2D eigenvalue weighted by atomic mass is 9.82. The minimum Gasteiger partial charge on any atom is -0.278 e. The Balaban J connectivity index is 1.86. The van der Waals surface area contributed by atoms with Crippen LogP contribution < -0.4 is 0 Å². The Bertz CT molecular complexity index is 1030. The number of nitrogens with zero attached hydrogens (tertiary/aromatic N) is 2. The fraction of sp³-hybridized carbons (Fsp3) is 0.111. The first-order chi connectivity index (χ1) is 10.8. The number of halogens is 1. The number of rotatable bonds is 1. The highest BCUT2D eigenvalue weighted by molar-refractivity contribution is 9.10. The maximum Gasteiger partial charge on any atom is 0.0744 e. The van der Waals surface area contributed by atoms with Gasteiger partial charge in [0.2, 0.25) is 0 Å². The van der Waals surface area contributed by atoms with Crippen LogP contribution in [-0.4, -0.2) is 15.2 Å². The minimum atomic E-state index is 1.06. The van der Waals surface area contributed by atoms with Crippen LogP contribution in [0.25, 0.3) is 33.1 Å². The molecule has 2 heterocycles. The quantitative estimate of drug-likeness (QED) is 0.543. The van der Waals surface area contributed by atoms with Gasteiger partial charge < -0.3 is 0 Å². The molecule has 106 valence electrons. The molecule has 0 bridgehead atoms. The summed E-state index contributed by atoms with van der Waals surface area (Å²) in [7, 11) is 0. The van der Waals surface area contributed by atoms with E-state index in [0.29, 0.717) is 0 Å². The highest BCUT2D eigenvalue weighted by atomic mass is 79.9. The lowest BCUT2D eigenvalue weighted by Crippen LogP contribution is -2.13. The van der Waals surface area contributed by atoms with Gasteiger partial charge in [-0.15, -0.1) is 0 Å². The first-order valence-corrected chi connectivity index (χ1v) is 8.14. The van der Waals surface area contributed by atoms with Crippen LogP contribution >= 0.6 is 15.9 Å². The molecule has 0 fully saturated rings. The molecule has 2 aromatic heterocycles. The highest BCUT2D eigenvalue weighted by Crippen LogP contribution is 2.39. The fourth-order valence-corrected chi connectivity index (χ4v) is 3.63. The Kier molecular flexibility index (Phi) is 2.47. The van der Waals surface area contributed by atoms with E-state index in [2.05, 4.69) is 62.5 Å². The van der Waals surface area contributed by atoms with E-state index < -0.39 is 0 Å². The molecule has 0 amide bonds. The molecule has 3 nitrogen and oxygen atoms in total. The van der Waals surface area contributed by atoms with E-state index in [-0.39, 0.29) is 0 Å². The van der Waals surface area contributed by atoms with Crippen molar-refractivity contribution < 1.29 is 0 Å². The highest BCUT2D eigenvalue weighted by Gasteiger charge is 2.24. The molecule has 0 aliphatic heterocycles. The van der Waals surface area contributed by atoms with E-state index in [1.165, 1.54) is 27.5 Å². The van der Waals surface area contributed by atoms with E-state index in [1.54, 1.807) is 0 Å². The van der Waals surface area contributed by atoms with Crippen LogP contribution in [0.2, 0.25) is 0 Å². The molecule has 0 atom stereocenters. The molecule has 0 spiro atoms. The Morgan fingerprint density at radius 3 is 2.55 bits per heavy atom. The fourth-order valence-electron chi connectivity index (χ4n) is 3.36. The van der Waals surface area contributed by atoms with Crippen molar-refractivity contribution in [3.05, 3.63) is 58.2 Å². The maximum absolute atomic E-state index is 4.96. The van der Waals surface area contributed by atoms with Crippen molar-refractivity contribution in [2.24, 2.45) is 0 Å². The largest absolute Gasteiger partial charge is 0.278 e. The zero-order valence-corrected chi connectivity index (χ0v) is 13.3. The molecule has 4 aromatic rings. The van der Waals surface area contributed by atoms with Crippen molar-refractivity contribution in [2.75, 3.05) is 0 Å². The molecule has 0 saturated heterocycles. The van der Waals surface area contributed by atoms with Crippen LogP contribution in [0, 0.1) is 0 Å². The Morgan fingerprint density at radius 1 is 0.955 bits per heavy atom. The van der Waals surface area contributed by atoms with Gasteiger partial charge in [-0.05, 0) is 48.2 Å². The maximum atomic E-state index is 4.96. The van der Waals surface area contributed by atoms with Crippen molar-refractivity contribution in [3.8, 4) is 11.3 Å². The smallest absolute Gasteiger partial charge is 0.0744 e. The van der Waals surface area contributed by atoms with Gasteiger partial charge in [-0.2, -0.15) is 5.10 Å². The molecule has 1 N–H and O–H groups in total. The lowest BCUT2D eigenvalue weighted by Gasteiger charge is -2.24. The van der Waals surface area contributed by atoms with Gasteiger partial charge >= 0.3 is 0 Å². The van der Waals surface area contributed by atoms with Gasteiger partial charge in [0.15, 0.2) is 0 Å². The summed E-state index contributed by atoms with van der Waals surface area (Å²) in [5, 5.41) is 9.69. The van der Waals surface area contributed by atoms with Crippen LogP contribution in [-0.2, 0) is 12.8 Å². The van der Waals surface area contributed by atoms with E-state index in [1.807, 2.05) is 6.20 Å². The Hall–Kier alpha value is -2.20. The van der Waals surface area contributed by atoms with E-state index >= 15 is 0 Å². The van der Waals surface area contributed by atoms with Gasteiger partial charge in [-0.25, -0.2) is 4.98 Å². The standard InChI is InChI=1S/C18H12BrN3/c19-11-3-1-10(2-4-11)18-13-6-5-12(13)17-14-9-20-22-15(14)7-8-16(17)21-18/h1-4,7-9H,5-6H2,(H,20,22). The third-order valence-corrected chi connectivity index (χ3v) is 5.06. The summed E-state index contributed by atoms with van der Waals surface area (Å²) in [6, 6.07) is 12.6. The van der Waals surface area contributed by atoms with Crippen LogP contribution in [0.1, 0.15) is 11.1 Å². The molecular weight excluding hydrogens is 338 g/mol. The minimum absolute atomic E-state index is 1.06. The first-order valence-electron chi connectivity index (χ1n) is 7.35. The number of H-pyrrole nitrogens is 1. The predicted molar refractivity (Wildman–Crippen MR) is 91.9 cm³/mol.